The predicted octanol–water partition coefficient (Wildman–Crippen LogP) is 2.35. The van der Waals surface area contributed by atoms with Crippen LogP contribution in [0.1, 0.15) is 42.6 Å². The summed E-state index contributed by atoms with van der Waals surface area (Å²) in [6, 6.07) is 5.41. The summed E-state index contributed by atoms with van der Waals surface area (Å²) in [7, 11) is 2.18. The highest BCUT2D eigenvalue weighted by Gasteiger charge is 2.39. The highest BCUT2D eigenvalue weighted by atomic mass is 16.3. The van der Waals surface area contributed by atoms with Gasteiger partial charge in [0.15, 0.2) is 11.5 Å². The Bertz CT molecular complexity index is 740. The minimum absolute atomic E-state index is 0.0722. The number of amides is 1. The zero-order valence-electron chi connectivity index (χ0n) is 16.0. The maximum absolute atomic E-state index is 12.7. The first-order valence-electron chi connectivity index (χ1n) is 9.97. The van der Waals surface area contributed by atoms with Crippen LogP contribution in [0.25, 0.3) is 11.5 Å². The van der Waals surface area contributed by atoms with Crippen LogP contribution in [-0.4, -0.2) is 71.2 Å². The van der Waals surface area contributed by atoms with Crippen molar-refractivity contribution in [3.05, 3.63) is 30.2 Å². The molecule has 4 heterocycles. The molecule has 27 heavy (non-hydrogen) atoms. The monoisotopic (exact) mass is 371 g/mol. The van der Waals surface area contributed by atoms with Crippen molar-refractivity contribution < 1.29 is 9.21 Å². The van der Waals surface area contributed by atoms with E-state index < -0.39 is 0 Å². The Morgan fingerprint density at radius 2 is 2.04 bits per heavy atom. The standard InChI is InChI=1S/C20H29N5O2/c1-24-11-7-20(8-12-24,25-9-3-2-4-10-25)15-21-19(26)17-14-16(22-23-17)18-6-5-13-27-18/h5-6,13-14H,2-4,7-12,15H2,1H3,(H,21,26)(H,22,23). The molecule has 7 heteroatoms. The summed E-state index contributed by atoms with van der Waals surface area (Å²) in [4.78, 5) is 17.7. The van der Waals surface area contributed by atoms with Gasteiger partial charge >= 0.3 is 0 Å². The zero-order chi connectivity index (χ0) is 18.7. The third kappa shape index (κ3) is 3.94. The molecule has 0 atom stereocenters. The van der Waals surface area contributed by atoms with Crippen LogP contribution in [0.4, 0.5) is 0 Å². The number of nitrogens with zero attached hydrogens (tertiary/aromatic N) is 3. The number of aromatic nitrogens is 2. The van der Waals surface area contributed by atoms with E-state index in [0.717, 1.165) is 44.7 Å². The average Bonchev–Trinajstić information content (AvgIpc) is 3.40. The smallest absolute Gasteiger partial charge is 0.271 e. The van der Waals surface area contributed by atoms with Crippen molar-refractivity contribution in [3.8, 4) is 11.5 Å². The lowest BCUT2D eigenvalue weighted by Crippen LogP contribution is -2.61. The van der Waals surface area contributed by atoms with E-state index in [4.69, 9.17) is 4.42 Å². The molecular weight excluding hydrogens is 342 g/mol. The molecule has 2 aromatic heterocycles. The number of aromatic amines is 1. The number of carbonyl (C=O) groups is 1. The van der Waals surface area contributed by atoms with E-state index in [9.17, 15) is 4.79 Å². The Balaban J connectivity index is 1.43. The second-order valence-electron chi connectivity index (χ2n) is 7.90. The number of piperidine rings is 2. The van der Waals surface area contributed by atoms with E-state index in [1.165, 1.54) is 19.3 Å². The van der Waals surface area contributed by atoms with Gasteiger partial charge in [0.05, 0.1) is 6.26 Å². The molecule has 0 bridgehead atoms. The molecule has 0 radical (unpaired) electrons. The van der Waals surface area contributed by atoms with Crippen LogP contribution >= 0.6 is 0 Å². The lowest BCUT2D eigenvalue weighted by atomic mass is 9.84. The molecule has 0 saturated carbocycles. The normalized spacial score (nSPS) is 21.2. The van der Waals surface area contributed by atoms with E-state index in [1.807, 2.05) is 12.1 Å². The predicted molar refractivity (Wildman–Crippen MR) is 104 cm³/mol. The van der Waals surface area contributed by atoms with Crippen molar-refractivity contribution in [2.45, 2.75) is 37.6 Å². The first-order valence-corrected chi connectivity index (χ1v) is 9.97. The van der Waals surface area contributed by atoms with E-state index in [1.54, 1.807) is 12.3 Å². The van der Waals surface area contributed by atoms with Crippen molar-refractivity contribution in [2.75, 3.05) is 39.8 Å². The van der Waals surface area contributed by atoms with Gasteiger partial charge in [0.2, 0.25) is 0 Å². The number of H-pyrrole nitrogens is 1. The van der Waals surface area contributed by atoms with Gasteiger partial charge in [0.1, 0.15) is 5.69 Å². The van der Waals surface area contributed by atoms with Crippen LogP contribution in [0, 0.1) is 0 Å². The van der Waals surface area contributed by atoms with Crippen molar-refractivity contribution in [3.63, 3.8) is 0 Å². The van der Waals surface area contributed by atoms with E-state index in [-0.39, 0.29) is 11.4 Å². The van der Waals surface area contributed by atoms with Crippen LogP contribution in [0.15, 0.2) is 28.9 Å². The van der Waals surface area contributed by atoms with Gasteiger partial charge in [-0.2, -0.15) is 5.10 Å². The number of likely N-dealkylation sites (tertiary alicyclic amines) is 2. The summed E-state index contributed by atoms with van der Waals surface area (Å²) in [5.41, 5.74) is 1.20. The lowest BCUT2D eigenvalue weighted by molar-refractivity contribution is 0.0144. The molecule has 4 rings (SSSR count). The number of carbonyl (C=O) groups excluding carboxylic acids is 1. The zero-order valence-corrected chi connectivity index (χ0v) is 16.0. The molecule has 7 nitrogen and oxygen atoms in total. The molecule has 2 aromatic rings. The quantitative estimate of drug-likeness (QED) is 0.844. The molecule has 1 amide bonds. The lowest BCUT2D eigenvalue weighted by Gasteiger charge is -2.50. The largest absolute Gasteiger partial charge is 0.463 e. The fraction of sp³-hybridized carbons (Fsp3) is 0.600. The maximum Gasteiger partial charge on any atom is 0.271 e. The van der Waals surface area contributed by atoms with Gasteiger partial charge < -0.3 is 14.6 Å². The molecule has 2 saturated heterocycles. The number of nitrogens with one attached hydrogen (secondary N) is 2. The number of hydrogen-bond acceptors (Lipinski definition) is 5. The van der Waals surface area contributed by atoms with Crippen LogP contribution in [0.5, 0.6) is 0 Å². The highest BCUT2D eigenvalue weighted by molar-refractivity contribution is 5.93. The third-order valence-corrected chi connectivity index (χ3v) is 6.12. The summed E-state index contributed by atoms with van der Waals surface area (Å²) >= 11 is 0. The summed E-state index contributed by atoms with van der Waals surface area (Å²) in [6.07, 6.45) is 7.65. The Morgan fingerprint density at radius 3 is 2.74 bits per heavy atom. The molecule has 146 valence electrons. The van der Waals surface area contributed by atoms with Crippen molar-refractivity contribution in [1.82, 2.24) is 25.3 Å². The summed E-state index contributed by atoms with van der Waals surface area (Å²) in [5, 5.41) is 10.2. The second kappa shape index (κ2) is 7.86. The molecule has 2 aliphatic rings. The second-order valence-corrected chi connectivity index (χ2v) is 7.90. The summed E-state index contributed by atoms with van der Waals surface area (Å²) < 4.78 is 5.36. The summed E-state index contributed by atoms with van der Waals surface area (Å²) in [5.74, 6) is 0.557. The van der Waals surface area contributed by atoms with Gasteiger partial charge in [-0.1, -0.05) is 6.42 Å². The minimum atomic E-state index is -0.126. The molecule has 0 aromatic carbocycles. The SMILES string of the molecule is CN1CCC(CNC(=O)c2cc(-c3ccco3)[nH]n2)(N2CCCCC2)CC1. The van der Waals surface area contributed by atoms with Crippen LogP contribution in [0.2, 0.25) is 0 Å². The topological polar surface area (TPSA) is 77.4 Å². The molecule has 2 N–H and O–H groups in total. The van der Waals surface area contributed by atoms with Gasteiger partial charge in [-0.05, 0) is 71.0 Å². The first kappa shape index (κ1) is 18.3. The van der Waals surface area contributed by atoms with Crippen LogP contribution in [0.3, 0.4) is 0 Å². The van der Waals surface area contributed by atoms with E-state index >= 15 is 0 Å². The summed E-state index contributed by atoms with van der Waals surface area (Å²) in [6.45, 7) is 5.13. The number of hydrogen-bond donors (Lipinski definition) is 2. The fourth-order valence-electron chi connectivity index (χ4n) is 4.34. The number of furan rings is 1. The average molecular weight is 371 g/mol. The van der Waals surface area contributed by atoms with Gasteiger partial charge in [-0.15, -0.1) is 0 Å². The molecule has 0 aliphatic carbocycles. The van der Waals surface area contributed by atoms with Crippen LogP contribution < -0.4 is 5.32 Å². The van der Waals surface area contributed by atoms with Gasteiger partial charge in [0, 0.05) is 18.2 Å². The highest BCUT2D eigenvalue weighted by Crippen LogP contribution is 2.31. The molecular formula is C20H29N5O2. The third-order valence-electron chi connectivity index (χ3n) is 6.12. The van der Waals surface area contributed by atoms with E-state index in [2.05, 4.69) is 32.4 Å². The molecule has 2 fully saturated rings. The van der Waals surface area contributed by atoms with Crippen LogP contribution in [-0.2, 0) is 0 Å². The van der Waals surface area contributed by atoms with Gasteiger partial charge in [0.25, 0.3) is 5.91 Å². The molecule has 2 aliphatic heterocycles. The minimum Gasteiger partial charge on any atom is -0.463 e. The Kier molecular flexibility index (Phi) is 5.31. The fourth-order valence-corrected chi connectivity index (χ4v) is 4.34. The number of rotatable bonds is 5. The molecule has 0 spiro atoms. The first-order chi connectivity index (χ1) is 13.2. The van der Waals surface area contributed by atoms with Crippen molar-refractivity contribution >= 4 is 5.91 Å². The maximum atomic E-state index is 12.7. The van der Waals surface area contributed by atoms with Gasteiger partial charge in [-0.3, -0.25) is 14.8 Å². The van der Waals surface area contributed by atoms with E-state index in [0.29, 0.717) is 18.0 Å². The van der Waals surface area contributed by atoms with Crippen molar-refractivity contribution in [2.24, 2.45) is 0 Å². The van der Waals surface area contributed by atoms with Crippen molar-refractivity contribution in [1.29, 1.82) is 0 Å². The van der Waals surface area contributed by atoms with Gasteiger partial charge in [-0.25, -0.2) is 0 Å². The molecule has 0 unspecified atom stereocenters. The Hall–Kier alpha value is -2.12. The Morgan fingerprint density at radius 1 is 1.26 bits per heavy atom. The Labute approximate surface area is 160 Å².